The number of nitrogens with zero attached hydrogens (tertiary/aromatic N) is 5. The Kier molecular flexibility index (Phi) is 6.77. The lowest BCUT2D eigenvalue weighted by Crippen LogP contribution is -2.22. The Balaban J connectivity index is 1.54. The van der Waals surface area contributed by atoms with Crippen LogP contribution in [0, 0.1) is 13.8 Å². The molecule has 0 fully saturated rings. The maximum atomic E-state index is 12.9. The van der Waals surface area contributed by atoms with Crippen molar-refractivity contribution in [3.05, 3.63) is 65.7 Å². The summed E-state index contributed by atoms with van der Waals surface area (Å²) in [5.74, 6) is 0.605. The third kappa shape index (κ3) is 4.85. The molecule has 0 aliphatic heterocycles. The molecule has 0 spiro atoms. The first-order chi connectivity index (χ1) is 16.6. The molecule has 0 aliphatic carbocycles. The summed E-state index contributed by atoms with van der Waals surface area (Å²) in [5.41, 5.74) is 4.82. The van der Waals surface area contributed by atoms with Crippen molar-refractivity contribution in [3.63, 3.8) is 0 Å². The number of rotatable bonds is 8. The number of aromatic nitrogens is 4. The number of hydrogen-bond acceptors (Lipinski definition) is 5. The average Bonchev–Trinajstić information content (AvgIpc) is 3.35. The standard InChI is InChI=1S/C25H30N6O3S/c1-6-30-22-12-11-19(35(33,34)29(4)5)16-21(22)26-24(30)13-14-25(32)27-20-9-7-8-10-23(20)31-18(3)15-17(2)28-31/h7-12,15-16H,6,13-14H2,1-5H3,(H,27,32). The SMILES string of the molecule is CCn1c(CCC(=O)Nc2ccccc2-n2nc(C)cc2C)nc2cc(S(=O)(=O)N(C)C)ccc21. The van der Waals surface area contributed by atoms with Gasteiger partial charge in [0.2, 0.25) is 15.9 Å². The fourth-order valence-electron chi connectivity index (χ4n) is 4.15. The van der Waals surface area contributed by atoms with Crippen molar-refractivity contribution in [2.45, 2.75) is 45.1 Å². The molecule has 0 saturated carbocycles. The number of fused-ring (bicyclic) bond motifs is 1. The van der Waals surface area contributed by atoms with E-state index in [0.29, 0.717) is 24.2 Å². The van der Waals surface area contributed by atoms with Gasteiger partial charge < -0.3 is 9.88 Å². The Morgan fingerprint density at radius 3 is 2.49 bits per heavy atom. The van der Waals surface area contributed by atoms with Crippen molar-refractivity contribution in [1.29, 1.82) is 0 Å². The highest BCUT2D eigenvalue weighted by atomic mass is 32.2. The van der Waals surface area contributed by atoms with Gasteiger partial charge in [0.05, 0.1) is 33.0 Å². The second-order valence-corrected chi connectivity index (χ2v) is 10.8. The van der Waals surface area contributed by atoms with E-state index < -0.39 is 10.0 Å². The van der Waals surface area contributed by atoms with Crippen LogP contribution in [0.4, 0.5) is 5.69 Å². The minimum absolute atomic E-state index is 0.135. The monoisotopic (exact) mass is 494 g/mol. The van der Waals surface area contributed by atoms with Gasteiger partial charge in [0, 0.05) is 39.2 Å². The van der Waals surface area contributed by atoms with Crippen molar-refractivity contribution in [2.75, 3.05) is 19.4 Å². The van der Waals surface area contributed by atoms with Crippen molar-refractivity contribution in [1.82, 2.24) is 23.6 Å². The van der Waals surface area contributed by atoms with E-state index >= 15 is 0 Å². The second-order valence-electron chi connectivity index (χ2n) is 8.61. The third-order valence-electron chi connectivity index (χ3n) is 5.89. The van der Waals surface area contributed by atoms with E-state index in [1.165, 1.54) is 18.4 Å². The topological polar surface area (TPSA) is 102 Å². The highest BCUT2D eigenvalue weighted by Crippen LogP contribution is 2.24. The fraction of sp³-hybridized carbons (Fsp3) is 0.320. The summed E-state index contributed by atoms with van der Waals surface area (Å²) < 4.78 is 30.0. The Labute approximate surface area is 205 Å². The number of amides is 1. The molecule has 4 aromatic rings. The summed E-state index contributed by atoms with van der Waals surface area (Å²) in [6.07, 6.45) is 0.657. The lowest BCUT2D eigenvalue weighted by molar-refractivity contribution is -0.116. The Morgan fingerprint density at radius 1 is 1.09 bits per heavy atom. The number of carbonyl (C=O) groups is 1. The highest BCUT2D eigenvalue weighted by Gasteiger charge is 2.20. The highest BCUT2D eigenvalue weighted by molar-refractivity contribution is 7.89. The first kappa shape index (κ1) is 24.6. The quantitative estimate of drug-likeness (QED) is 0.403. The van der Waals surface area contributed by atoms with Gasteiger partial charge in [0.15, 0.2) is 0 Å². The molecule has 2 aromatic carbocycles. The molecule has 9 nitrogen and oxygen atoms in total. The summed E-state index contributed by atoms with van der Waals surface area (Å²) in [4.78, 5) is 17.7. The van der Waals surface area contributed by atoms with E-state index in [4.69, 9.17) is 0 Å². The van der Waals surface area contributed by atoms with E-state index in [0.717, 1.165) is 28.4 Å². The number of carbonyl (C=O) groups excluding carboxylic acids is 1. The molecule has 0 atom stereocenters. The zero-order valence-electron chi connectivity index (χ0n) is 20.6. The van der Waals surface area contributed by atoms with Crippen LogP contribution in [0.5, 0.6) is 0 Å². The van der Waals surface area contributed by atoms with Crippen LogP contribution in [0.15, 0.2) is 53.4 Å². The summed E-state index contributed by atoms with van der Waals surface area (Å²) >= 11 is 0. The molecule has 1 N–H and O–H groups in total. The lowest BCUT2D eigenvalue weighted by Gasteiger charge is -2.12. The number of sulfonamides is 1. The van der Waals surface area contributed by atoms with Crippen molar-refractivity contribution < 1.29 is 13.2 Å². The molecular formula is C25H30N6O3S. The summed E-state index contributed by atoms with van der Waals surface area (Å²) in [6.45, 7) is 6.57. The summed E-state index contributed by atoms with van der Waals surface area (Å²) in [7, 11) is -0.552. The number of imidazole rings is 1. The molecule has 35 heavy (non-hydrogen) atoms. The molecule has 0 bridgehead atoms. The van der Waals surface area contributed by atoms with Crippen molar-refractivity contribution in [2.24, 2.45) is 0 Å². The predicted octanol–water partition coefficient (Wildman–Crippen LogP) is 3.68. The molecule has 4 rings (SSSR count). The summed E-state index contributed by atoms with van der Waals surface area (Å²) in [6, 6.07) is 14.5. The Bertz CT molecular complexity index is 1500. The average molecular weight is 495 g/mol. The van der Waals surface area contributed by atoms with Crippen LogP contribution in [0.25, 0.3) is 16.7 Å². The minimum Gasteiger partial charge on any atom is -0.328 e. The molecule has 10 heteroatoms. The van der Waals surface area contributed by atoms with Crippen LogP contribution < -0.4 is 5.32 Å². The van der Waals surface area contributed by atoms with Crippen LogP contribution in [-0.4, -0.2) is 52.1 Å². The maximum absolute atomic E-state index is 12.9. The zero-order chi connectivity index (χ0) is 25.3. The molecular weight excluding hydrogens is 464 g/mol. The summed E-state index contributed by atoms with van der Waals surface area (Å²) in [5, 5.41) is 7.54. The lowest BCUT2D eigenvalue weighted by atomic mass is 10.2. The number of aryl methyl sites for hydroxylation is 4. The zero-order valence-corrected chi connectivity index (χ0v) is 21.4. The number of anilines is 1. The van der Waals surface area contributed by atoms with Crippen LogP contribution in [0.1, 0.15) is 30.6 Å². The van der Waals surface area contributed by atoms with Gasteiger partial charge in [-0.15, -0.1) is 0 Å². The molecule has 2 aromatic heterocycles. The number of hydrogen-bond donors (Lipinski definition) is 1. The van der Waals surface area contributed by atoms with E-state index in [-0.39, 0.29) is 17.2 Å². The van der Waals surface area contributed by atoms with Gasteiger partial charge in [0.25, 0.3) is 0 Å². The smallest absolute Gasteiger partial charge is 0.242 e. The Hall–Kier alpha value is -3.50. The second kappa shape index (κ2) is 9.63. The van der Waals surface area contributed by atoms with Gasteiger partial charge in [0.1, 0.15) is 5.82 Å². The molecule has 2 heterocycles. The molecule has 0 saturated heterocycles. The van der Waals surface area contributed by atoms with E-state index in [1.54, 1.807) is 18.2 Å². The van der Waals surface area contributed by atoms with Crippen molar-refractivity contribution in [3.8, 4) is 5.69 Å². The number of benzene rings is 2. The predicted molar refractivity (Wildman–Crippen MR) is 136 cm³/mol. The van der Waals surface area contributed by atoms with Gasteiger partial charge in [-0.05, 0) is 57.2 Å². The number of nitrogens with one attached hydrogen (secondary N) is 1. The molecule has 0 aliphatic rings. The van der Waals surface area contributed by atoms with Gasteiger partial charge in [-0.1, -0.05) is 12.1 Å². The Morgan fingerprint density at radius 2 is 1.83 bits per heavy atom. The van der Waals surface area contributed by atoms with Crippen LogP contribution in [0.2, 0.25) is 0 Å². The molecule has 0 unspecified atom stereocenters. The normalized spacial score (nSPS) is 11.9. The van der Waals surface area contributed by atoms with Crippen molar-refractivity contribution >= 4 is 32.7 Å². The maximum Gasteiger partial charge on any atom is 0.242 e. The van der Waals surface area contributed by atoms with Crippen LogP contribution in [0.3, 0.4) is 0 Å². The van der Waals surface area contributed by atoms with Gasteiger partial charge in [-0.2, -0.15) is 5.10 Å². The van der Waals surface area contributed by atoms with E-state index in [1.807, 2.05) is 60.4 Å². The minimum atomic E-state index is -3.55. The third-order valence-corrected chi connectivity index (χ3v) is 7.70. The first-order valence-electron chi connectivity index (χ1n) is 11.5. The van der Waals surface area contributed by atoms with E-state index in [2.05, 4.69) is 15.4 Å². The van der Waals surface area contributed by atoms with Crippen LogP contribution >= 0.6 is 0 Å². The van der Waals surface area contributed by atoms with Gasteiger partial charge in [-0.3, -0.25) is 4.79 Å². The fourth-order valence-corrected chi connectivity index (χ4v) is 5.07. The van der Waals surface area contributed by atoms with Gasteiger partial charge in [-0.25, -0.2) is 22.4 Å². The molecule has 1 amide bonds. The molecule has 184 valence electrons. The largest absolute Gasteiger partial charge is 0.328 e. The van der Waals surface area contributed by atoms with Gasteiger partial charge >= 0.3 is 0 Å². The first-order valence-corrected chi connectivity index (χ1v) is 12.9. The number of para-hydroxylation sites is 2. The van der Waals surface area contributed by atoms with Crippen LogP contribution in [-0.2, 0) is 27.8 Å². The molecule has 0 radical (unpaired) electrons. The van der Waals surface area contributed by atoms with E-state index in [9.17, 15) is 13.2 Å².